The van der Waals surface area contributed by atoms with Crippen LogP contribution in [0.5, 0.6) is 11.5 Å². The predicted octanol–water partition coefficient (Wildman–Crippen LogP) is 6.23. The molecule has 2 aromatic carbocycles. The molecule has 2 aliphatic rings. The van der Waals surface area contributed by atoms with E-state index in [2.05, 4.69) is 0 Å². The molecule has 184 valence electrons. The number of hydrogen-bond acceptors (Lipinski definition) is 4. The molecule has 5 atom stereocenters. The summed E-state index contributed by atoms with van der Waals surface area (Å²) in [5.41, 5.74) is 3.36. The van der Waals surface area contributed by atoms with E-state index in [1.54, 1.807) is 12.1 Å². The minimum absolute atomic E-state index is 0.0223. The SMILES string of the molecule is CCC(O)CCCC1Cc2c(F)cc(C)cc2C1Oc1cc(CC2CCC(C)C2=O)ccc1O. The second kappa shape index (κ2) is 10.5. The molecule has 0 saturated heterocycles. The lowest BCUT2D eigenvalue weighted by Gasteiger charge is -2.24. The fourth-order valence-corrected chi connectivity index (χ4v) is 5.67. The molecule has 5 unspecified atom stereocenters. The fourth-order valence-electron chi connectivity index (χ4n) is 5.67. The van der Waals surface area contributed by atoms with Gasteiger partial charge in [-0.2, -0.15) is 0 Å². The Labute approximate surface area is 202 Å². The summed E-state index contributed by atoms with van der Waals surface area (Å²) in [5, 5.41) is 20.5. The molecule has 2 N–H and O–H groups in total. The maximum atomic E-state index is 14.8. The highest BCUT2D eigenvalue weighted by Crippen LogP contribution is 2.45. The molecule has 0 bridgehead atoms. The lowest BCUT2D eigenvalue weighted by Crippen LogP contribution is -2.16. The molecular formula is C29H37FO4. The number of ketones is 1. The Balaban J connectivity index is 1.56. The number of benzene rings is 2. The van der Waals surface area contributed by atoms with Gasteiger partial charge in [0, 0.05) is 17.8 Å². The average molecular weight is 469 g/mol. The maximum absolute atomic E-state index is 14.8. The van der Waals surface area contributed by atoms with Crippen molar-refractivity contribution in [1.82, 2.24) is 0 Å². The van der Waals surface area contributed by atoms with Gasteiger partial charge in [0.2, 0.25) is 0 Å². The van der Waals surface area contributed by atoms with Crippen LogP contribution in [-0.2, 0) is 17.6 Å². The largest absolute Gasteiger partial charge is 0.504 e. The number of aromatic hydroxyl groups is 1. The van der Waals surface area contributed by atoms with Crippen LogP contribution in [0.4, 0.5) is 4.39 Å². The first-order valence-corrected chi connectivity index (χ1v) is 12.8. The number of aryl methyl sites for hydroxylation is 1. The molecule has 0 aliphatic heterocycles. The summed E-state index contributed by atoms with van der Waals surface area (Å²) in [6, 6.07) is 8.88. The Morgan fingerprint density at radius 2 is 2.00 bits per heavy atom. The third-order valence-electron chi connectivity index (χ3n) is 7.76. The highest BCUT2D eigenvalue weighted by Gasteiger charge is 2.37. The number of phenolic OH excluding ortho intramolecular Hbond substituents is 1. The number of rotatable bonds is 9. The van der Waals surface area contributed by atoms with Gasteiger partial charge in [-0.3, -0.25) is 4.79 Å². The van der Waals surface area contributed by atoms with Crippen LogP contribution in [0.1, 0.15) is 80.7 Å². The minimum Gasteiger partial charge on any atom is -0.504 e. The lowest BCUT2D eigenvalue weighted by molar-refractivity contribution is -0.123. The van der Waals surface area contributed by atoms with Crippen molar-refractivity contribution in [2.75, 3.05) is 0 Å². The number of phenols is 1. The Morgan fingerprint density at radius 3 is 2.71 bits per heavy atom. The van der Waals surface area contributed by atoms with Crippen molar-refractivity contribution < 1.29 is 24.1 Å². The van der Waals surface area contributed by atoms with E-state index in [1.807, 2.05) is 39.0 Å². The molecule has 0 spiro atoms. The second-order valence-electron chi connectivity index (χ2n) is 10.4. The topological polar surface area (TPSA) is 66.8 Å². The van der Waals surface area contributed by atoms with Gasteiger partial charge in [0.15, 0.2) is 11.5 Å². The zero-order chi connectivity index (χ0) is 24.4. The Bertz CT molecular complexity index is 1030. The highest BCUT2D eigenvalue weighted by molar-refractivity contribution is 5.85. The number of hydrogen-bond donors (Lipinski definition) is 2. The zero-order valence-corrected chi connectivity index (χ0v) is 20.5. The van der Waals surface area contributed by atoms with Gasteiger partial charge in [0.25, 0.3) is 0 Å². The van der Waals surface area contributed by atoms with Crippen molar-refractivity contribution in [2.45, 2.75) is 84.3 Å². The number of aliphatic hydroxyl groups excluding tert-OH is 1. The molecule has 2 aromatic rings. The molecule has 5 heteroatoms. The number of aliphatic hydroxyl groups is 1. The van der Waals surface area contributed by atoms with Crippen LogP contribution < -0.4 is 4.74 Å². The Kier molecular flexibility index (Phi) is 7.61. The van der Waals surface area contributed by atoms with Crippen molar-refractivity contribution in [3.63, 3.8) is 0 Å². The van der Waals surface area contributed by atoms with Gasteiger partial charge in [-0.1, -0.05) is 32.4 Å². The first-order chi connectivity index (χ1) is 16.3. The molecule has 0 radical (unpaired) electrons. The van der Waals surface area contributed by atoms with E-state index in [1.165, 1.54) is 0 Å². The van der Waals surface area contributed by atoms with E-state index in [9.17, 15) is 19.4 Å². The van der Waals surface area contributed by atoms with Gasteiger partial charge < -0.3 is 14.9 Å². The fraction of sp³-hybridized carbons (Fsp3) is 0.552. The van der Waals surface area contributed by atoms with Crippen molar-refractivity contribution in [2.24, 2.45) is 17.8 Å². The van der Waals surface area contributed by atoms with E-state index in [-0.39, 0.29) is 41.5 Å². The zero-order valence-electron chi connectivity index (χ0n) is 20.5. The number of ether oxygens (including phenoxy) is 1. The molecule has 4 nitrogen and oxygen atoms in total. The van der Waals surface area contributed by atoms with Crippen molar-refractivity contribution in [3.05, 3.63) is 58.4 Å². The van der Waals surface area contributed by atoms with Crippen LogP contribution in [0, 0.1) is 30.5 Å². The van der Waals surface area contributed by atoms with Crippen LogP contribution in [0.3, 0.4) is 0 Å². The summed E-state index contributed by atoms with van der Waals surface area (Å²) in [7, 11) is 0. The smallest absolute Gasteiger partial charge is 0.162 e. The molecule has 34 heavy (non-hydrogen) atoms. The number of fused-ring (bicyclic) bond motifs is 1. The molecule has 0 aromatic heterocycles. The molecule has 0 heterocycles. The predicted molar refractivity (Wildman–Crippen MR) is 131 cm³/mol. The maximum Gasteiger partial charge on any atom is 0.162 e. The Hall–Kier alpha value is -2.40. The van der Waals surface area contributed by atoms with E-state index >= 15 is 0 Å². The van der Waals surface area contributed by atoms with Gasteiger partial charge in [-0.25, -0.2) is 4.39 Å². The van der Waals surface area contributed by atoms with Gasteiger partial charge in [-0.05, 0) is 92.3 Å². The van der Waals surface area contributed by atoms with Crippen LogP contribution in [-0.4, -0.2) is 22.1 Å². The second-order valence-corrected chi connectivity index (χ2v) is 10.4. The van der Waals surface area contributed by atoms with Gasteiger partial charge in [0.05, 0.1) is 6.10 Å². The lowest BCUT2D eigenvalue weighted by atomic mass is 9.94. The first-order valence-electron chi connectivity index (χ1n) is 12.8. The first kappa shape index (κ1) is 24.7. The van der Waals surface area contributed by atoms with Crippen LogP contribution in [0.15, 0.2) is 30.3 Å². The monoisotopic (exact) mass is 468 g/mol. The third-order valence-corrected chi connectivity index (χ3v) is 7.76. The summed E-state index contributed by atoms with van der Waals surface area (Å²) in [6.45, 7) is 5.84. The summed E-state index contributed by atoms with van der Waals surface area (Å²) in [4.78, 5) is 12.4. The van der Waals surface area contributed by atoms with Crippen molar-refractivity contribution in [1.29, 1.82) is 0 Å². The quantitative estimate of drug-likeness (QED) is 0.458. The highest BCUT2D eigenvalue weighted by atomic mass is 19.1. The molecule has 1 fully saturated rings. The average Bonchev–Trinajstić information content (AvgIpc) is 3.30. The summed E-state index contributed by atoms with van der Waals surface area (Å²) in [5.74, 6) is 0.765. The van der Waals surface area contributed by atoms with E-state index < -0.39 is 0 Å². The number of Topliss-reactive ketones (excluding diaryl/α,β-unsaturated/α-hetero) is 1. The van der Waals surface area contributed by atoms with Gasteiger partial charge in [0.1, 0.15) is 17.7 Å². The van der Waals surface area contributed by atoms with E-state index in [0.29, 0.717) is 36.4 Å². The summed E-state index contributed by atoms with van der Waals surface area (Å²) in [6.07, 6.45) is 5.47. The minimum atomic E-state index is -0.363. The van der Waals surface area contributed by atoms with Crippen LogP contribution >= 0.6 is 0 Å². The van der Waals surface area contributed by atoms with Crippen molar-refractivity contribution >= 4 is 5.78 Å². The number of carbonyl (C=O) groups is 1. The normalized spacial score (nSPS) is 24.9. The molecule has 4 rings (SSSR count). The molecule has 0 amide bonds. The standard InChI is InChI=1S/C29H37FO4/c1-4-22(31)7-5-6-21-16-23-24(12-17(2)13-25(23)30)29(21)34-27-15-19(9-11-26(27)32)14-20-10-8-18(3)28(20)33/h9,11-13,15,18,20-22,29,31-32H,4-8,10,14,16H2,1-3H3. The molecule has 1 saturated carbocycles. The number of carbonyl (C=O) groups excluding carboxylic acids is 1. The summed E-state index contributed by atoms with van der Waals surface area (Å²) < 4.78 is 21.2. The van der Waals surface area contributed by atoms with Crippen LogP contribution in [0.2, 0.25) is 0 Å². The van der Waals surface area contributed by atoms with E-state index in [0.717, 1.165) is 48.8 Å². The molecular weight excluding hydrogens is 431 g/mol. The van der Waals surface area contributed by atoms with E-state index in [4.69, 9.17) is 4.74 Å². The number of halogens is 1. The molecule has 2 aliphatic carbocycles. The third kappa shape index (κ3) is 5.30. The van der Waals surface area contributed by atoms with Crippen LogP contribution in [0.25, 0.3) is 0 Å². The summed E-state index contributed by atoms with van der Waals surface area (Å²) >= 11 is 0. The van der Waals surface area contributed by atoms with Crippen molar-refractivity contribution in [3.8, 4) is 11.5 Å². The van der Waals surface area contributed by atoms with Gasteiger partial charge in [-0.15, -0.1) is 0 Å². The Morgan fingerprint density at radius 1 is 1.21 bits per heavy atom. The van der Waals surface area contributed by atoms with Gasteiger partial charge >= 0.3 is 0 Å².